The Hall–Kier alpha value is -2.22. The van der Waals surface area contributed by atoms with Crippen LogP contribution in [-0.4, -0.2) is 57.2 Å². The summed E-state index contributed by atoms with van der Waals surface area (Å²) in [5, 5.41) is 8.03. The number of piperidine rings is 2. The zero-order valence-electron chi connectivity index (χ0n) is 23.6. The molecule has 2 aliphatic rings. The van der Waals surface area contributed by atoms with Crippen molar-refractivity contribution in [3.8, 4) is 0 Å². The van der Waals surface area contributed by atoms with Crippen molar-refractivity contribution in [2.24, 2.45) is 0 Å². The van der Waals surface area contributed by atoms with Gasteiger partial charge in [-0.05, 0) is 97.7 Å². The van der Waals surface area contributed by atoms with Gasteiger partial charge in [0.05, 0.1) is 11.6 Å². The van der Waals surface area contributed by atoms with E-state index in [4.69, 9.17) is 23.2 Å². The molecule has 2 aromatic rings. The highest BCUT2D eigenvalue weighted by atomic mass is 35.5. The molecule has 2 fully saturated rings. The van der Waals surface area contributed by atoms with Crippen molar-refractivity contribution in [3.63, 3.8) is 0 Å². The number of rotatable bonds is 9. The average Bonchev–Trinajstić information content (AvgIpc) is 2.96. The molecule has 0 saturated carbocycles. The maximum atomic E-state index is 14.2. The summed E-state index contributed by atoms with van der Waals surface area (Å²) in [6, 6.07) is 6.08. The van der Waals surface area contributed by atoms with Crippen LogP contribution in [-0.2, 0) is 35.1 Å². The van der Waals surface area contributed by atoms with Gasteiger partial charge in [0.25, 0.3) is 5.91 Å². The van der Waals surface area contributed by atoms with Crippen molar-refractivity contribution >= 4 is 46.1 Å². The molecular formula is C29H34Cl2F3N4O4S-. The number of nitrogens with one attached hydrogen (secondary N) is 3. The largest absolute Gasteiger partial charge is 0.772 e. The van der Waals surface area contributed by atoms with E-state index in [1.165, 1.54) is 31.2 Å². The third kappa shape index (κ3) is 8.92. The molecule has 2 saturated heterocycles. The Balaban J connectivity index is 1.48. The van der Waals surface area contributed by atoms with Crippen LogP contribution in [0.4, 0.5) is 13.2 Å². The molecular weight excluding hydrogens is 628 g/mol. The van der Waals surface area contributed by atoms with Crippen LogP contribution < -0.4 is 16.0 Å². The summed E-state index contributed by atoms with van der Waals surface area (Å²) in [5.41, 5.74) is -0.610. The van der Waals surface area contributed by atoms with E-state index in [0.29, 0.717) is 35.7 Å². The Bertz CT molecular complexity index is 1360. The fraction of sp³-hybridized carbons (Fsp3) is 0.517. The highest BCUT2D eigenvalue weighted by Crippen LogP contribution is 2.37. The van der Waals surface area contributed by atoms with Gasteiger partial charge >= 0.3 is 6.18 Å². The van der Waals surface area contributed by atoms with E-state index in [-0.39, 0.29) is 47.2 Å². The first-order chi connectivity index (χ1) is 20.3. The van der Waals surface area contributed by atoms with Crippen LogP contribution in [0.25, 0.3) is 0 Å². The lowest BCUT2D eigenvalue weighted by Gasteiger charge is -2.35. The van der Waals surface area contributed by atoms with Crippen molar-refractivity contribution < 1.29 is 31.5 Å². The van der Waals surface area contributed by atoms with Gasteiger partial charge in [0, 0.05) is 46.5 Å². The van der Waals surface area contributed by atoms with Crippen molar-refractivity contribution in [2.75, 3.05) is 19.6 Å². The minimum absolute atomic E-state index is 0.0865. The summed E-state index contributed by atoms with van der Waals surface area (Å²) in [6.07, 6.45) is -0.596. The van der Waals surface area contributed by atoms with Crippen LogP contribution >= 0.6 is 23.2 Å². The Morgan fingerprint density at radius 2 is 1.93 bits per heavy atom. The van der Waals surface area contributed by atoms with Gasteiger partial charge < -0.3 is 20.5 Å². The van der Waals surface area contributed by atoms with Gasteiger partial charge in [-0.3, -0.25) is 18.7 Å². The summed E-state index contributed by atoms with van der Waals surface area (Å²) in [7, 11) is 0. The van der Waals surface area contributed by atoms with Gasteiger partial charge in [0.15, 0.2) is 0 Å². The number of carbonyl (C=O) groups is 2. The molecule has 14 heteroatoms. The van der Waals surface area contributed by atoms with Gasteiger partial charge in [0.2, 0.25) is 5.91 Å². The molecule has 0 bridgehead atoms. The average molecular weight is 663 g/mol. The number of nitrogens with zero attached hydrogens (tertiary/aromatic N) is 1. The molecule has 2 aliphatic heterocycles. The van der Waals surface area contributed by atoms with Gasteiger partial charge in [0.1, 0.15) is 0 Å². The van der Waals surface area contributed by atoms with Crippen LogP contribution in [0.15, 0.2) is 30.3 Å². The summed E-state index contributed by atoms with van der Waals surface area (Å²) < 4.78 is 65.8. The van der Waals surface area contributed by atoms with E-state index in [1.807, 2.05) is 4.90 Å². The zero-order valence-corrected chi connectivity index (χ0v) is 25.9. The standard InChI is InChI=1S/C29H35Cl2F3N4O4S/c1-17(43(41)42)22-8-7-20(30)11-19(22)14-36-27(39)18-12-24(29(32,33)34)23(25(31)13-18)16-38-10-4-5-21(15-38)37-28(40)26-6-2-3-9-35-26/h7-8,11-13,17,21,26,35H,2-6,9-10,14-16H2,1H3,(H,36,39)(H,37,40)(H,41,42)/p-1/t17?,21-,26-/m0/s1. The smallest absolute Gasteiger partial charge is 0.416 e. The molecule has 0 aromatic heterocycles. The molecule has 3 N–H and O–H groups in total. The molecule has 236 valence electrons. The van der Waals surface area contributed by atoms with Crippen LogP contribution in [0, 0.1) is 0 Å². The monoisotopic (exact) mass is 661 g/mol. The minimum atomic E-state index is -4.78. The third-order valence-corrected chi connectivity index (χ3v) is 9.30. The molecule has 8 nitrogen and oxygen atoms in total. The number of likely N-dealkylation sites (tertiary alicyclic amines) is 1. The fourth-order valence-corrected chi connectivity index (χ4v) is 6.52. The van der Waals surface area contributed by atoms with Crippen molar-refractivity contribution in [1.29, 1.82) is 0 Å². The third-order valence-electron chi connectivity index (χ3n) is 7.89. The number of hydrogen-bond acceptors (Lipinski definition) is 6. The molecule has 0 aliphatic carbocycles. The molecule has 43 heavy (non-hydrogen) atoms. The molecule has 4 rings (SSSR count). The SMILES string of the molecule is CC(c1ccc(Cl)cc1CNC(=O)c1cc(Cl)c(CN2CCC[C@H](NC(=O)[C@@H]3CCCCN3)C2)c(C(F)(F)F)c1)S(=O)[O-]. The maximum Gasteiger partial charge on any atom is 0.416 e. The first kappa shape index (κ1) is 33.7. The summed E-state index contributed by atoms with van der Waals surface area (Å²) in [6.45, 7) is 2.92. The topological polar surface area (TPSA) is 114 Å². The maximum absolute atomic E-state index is 14.2. The number of carbonyl (C=O) groups excluding carboxylic acids is 2. The van der Waals surface area contributed by atoms with E-state index >= 15 is 0 Å². The molecule has 2 amide bonds. The molecule has 0 spiro atoms. The lowest BCUT2D eigenvalue weighted by molar-refractivity contribution is -0.138. The van der Waals surface area contributed by atoms with E-state index in [9.17, 15) is 31.5 Å². The number of hydrogen-bond donors (Lipinski definition) is 3. The molecule has 4 atom stereocenters. The lowest BCUT2D eigenvalue weighted by Crippen LogP contribution is -2.53. The van der Waals surface area contributed by atoms with Gasteiger partial charge in [-0.25, -0.2) is 0 Å². The number of benzene rings is 2. The van der Waals surface area contributed by atoms with Crippen molar-refractivity contribution in [2.45, 2.75) is 75.6 Å². The number of alkyl halides is 3. The van der Waals surface area contributed by atoms with Crippen LogP contribution in [0.5, 0.6) is 0 Å². The second-order valence-corrected chi connectivity index (χ2v) is 13.1. The minimum Gasteiger partial charge on any atom is -0.772 e. The Kier molecular flexibility index (Phi) is 11.5. The second-order valence-electron chi connectivity index (χ2n) is 11.0. The van der Waals surface area contributed by atoms with Crippen LogP contribution in [0.3, 0.4) is 0 Å². The first-order valence-electron chi connectivity index (χ1n) is 14.1. The van der Waals surface area contributed by atoms with E-state index < -0.39 is 34.0 Å². The van der Waals surface area contributed by atoms with E-state index in [0.717, 1.165) is 38.3 Å². The summed E-state index contributed by atoms with van der Waals surface area (Å²) >= 11 is 10.0. The Labute approximate surface area is 261 Å². The van der Waals surface area contributed by atoms with E-state index in [1.54, 1.807) is 0 Å². The highest BCUT2D eigenvalue weighted by Gasteiger charge is 2.36. The molecule has 2 unspecified atom stereocenters. The van der Waals surface area contributed by atoms with Crippen molar-refractivity contribution in [1.82, 2.24) is 20.9 Å². The van der Waals surface area contributed by atoms with Crippen LogP contribution in [0.2, 0.25) is 10.0 Å². The van der Waals surface area contributed by atoms with Crippen molar-refractivity contribution in [3.05, 3.63) is 68.2 Å². The first-order valence-corrected chi connectivity index (χ1v) is 16.0. The highest BCUT2D eigenvalue weighted by molar-refractivity contribution is 7.79. The lowest BCUT2D eigenvalue weighted by atomic mass is 9.99. The molecule has 0 radical (unpaired) electrons. The second kappa shape index (κ2) is 14.7. The fourth-order valence-electron chi connectivity index (χ4n) is 5.60. The van der Waals surface area contributed by atoms with Gasteiger partial charge in [-0.2, -0.15) is 13.2 Å². The number of amides is 2. The summed E-state index contributed by atoms with van der Waals surface area (Å²) in [4.78, 5) is 27.5. The Morgan fingerprint density at radius 3 is 2.60 bits per heavy atom. The Morgan fingerprint density at radius 1 is 1.16 bits per heavy atom. The summed E-state index contributed by atoms with van der Waals surface area (Å²) in [5.74, 6) is -0.894. The van der Waals surface area contributed by atoms with Gasteiger partial charge in [-0.1, -0.05) is 35.7 Å². The van der Waals surface area contributed by atoms with Crippen LogP contribution in [0.1, 0.15) is 76.9 Å². The predicted octanol–water partition coefficient (Wildman–Crippen LogP) is 5.11. The predicted molar refractivity (Wildman–Crippen MR) is 158 cm³/mol. The van der Waals surface area contributed by atoms with E-state index in [2.05, 4.69) is 16.0 Å². The number of halogens is 5. The molecule has 2 heterocycles. The molecule has 2 aromatic carbocycles. The zero-order chi connectivity index (χ0) is 31.3. The van der Waals surface area contributed by atoms with Gasteiger partial charge in [-0.15, -0.1) is 0 Å². The normalized spacial score (nSPS) is 21.2. The quantitative estimate of drug-likeness (QED) is 0.322.